The van der Waals surface area contributed by atoms with Crippen molar-refractivity contribution in [3.63, 3.8) is 0 Å². The zero-order valence-corrected chi connectivity index (χ0v) is 14.4. The van der Waals surface area contributed by atoms with Crippen LogP contribution in [0.3, 0.4) is 0 Å². The lowest BCUT2D eigenvalue weighted by Gasteiger charge is -2.41. The average molecular weight is 348 g/mol. The van der Waals surface area contributed by atoms with Gasteiger partial charge < -0.3 is 14.9 Å². The molecule has 6 heteroatoms. The van der Waals surface area contributed by atoms with Crippen LogP contribution in [0.25, 0.3) is 0 Å². The van der Waals surface area contributed by atoms with Crippen LogP contribution in [0.4, 0.5) is 5.69 Å². The van der Waals surface area contributed by atoms with Crippen LogP contribution in [0, 0.1) is 11.3 Å². The number of hydrogen-bond acceptors (Lipinski definition) is 4. The third kappa shape index (κ3) is 3.35. The molecule has 0 spiro atoms. The molecule has 1 heterocycles. The summed E-state index contributed by atoms with van der Waals surface area (Å²) in [4.78, 5) is 16.6. The molecule has 1 amide bonds. The molecule has 3 rings (SSSR count). The van der Waals surface area contributed by atoms with Crippen LogP contribution in [0.15, 0.2) is 18.2 Å². The highest BCUT2D eigenvalue weighted by Gasteiger charge is 2.40. The summed E-state index contributed by atoms with van der Waals surface area (Å²) in [5.41, 5.74) is 0.267. The Hall–Kier alpha value is -1.77. The van der Waals surface area contributed by atoms with Crippen molar-refractivity contribution in [1.82, 2.24) is 4.90 Å². The lowest BCUT2D eigenvalue weighted by atomic mass is 9.83. The van der Waals surface area contributed by atoms with Crippen LogP contribution in [0.5, 0.6) is 0 Å². The zero-order valence-electron chi connectivity index (χ0n) is 13.7. The number of amides is 1. The topological polar surface area (TPSA) is 67.6 Å². The van der Waals surface area contributed by atoms with Crippen molar-refractivity contribution in [2.75, 3.05) is 31.1 Å². The zero-order chi connectivity index (χ0) is 17.2. The highest BCUT2D eigenvalue weighted by atomic mass is 35.5. The summed E-state index contributed by atoms with van der Waals surface area (Å²) in [5, 5.41) is 20.1. The number of hydrogen-bond donors (Lipinski definition) is 1. The number of rotatable bonds is 2. The first-order valence-electron chi connectivity index (χ1n) is 8.50. The van der Waals surface area contributed by atoms with E-state index in [4.69, 9.17) is 16.9 Å². The first kappa shape index (κ1) is 17.1. The van der Waals surface area contributed by atoms with Crippen molar-refractivity contribution in [1.29, 1.82) is 5.26 Å². The van der Waals surface area contributed by atoms with Gasteiger partial charge in [-0.1, -0.05) is 30.9 Å². The molecule has 0 bridgehead atoms. The minimum atomic E-state index is -1.16. The van der Waals surface area contributed by atoms with E-state index >= 15 is 0 Å². The molecular weight excluding hydrogens is 326 g/mol. The number of nitriles is 1. The molecule has 2 fully saturated rings. The molecule has 0 aromatic heterocycles. The number of carbonyl (C=O) groups is 1. The normalized spacial score (nSPS) is 20.5. The van der Waals surface area contributed by atoms with E-state index in [1.54, 1.807) is 17.0 Å². The lowest BCUT2D eigenvalue weighted by molar-refractivity contribution is -0.155. The van der Waals surface area contributed by atoms with Gasteiger partial charge in [-0.3, -0.25) is 4.79 Å². The number of anilines is 1. The number of nitrogens with zero attached hydrogens (tertiary/aromatic N) is 3. The van der Waals surface area contributed by atoms with Crippen molar-refractivity contribution < 1.29 is 9.90 Å². The maximum Gasteiger partial charge on any atom is 0.254 e. The van der Waals surface area contributed by atoms with Gasteiger partial charge in [0.25, 0.3) is 5.91 Å². The fourth-order valence-corrected chi connectivity index (χ4v) is 3.93. The van der Waals surface area contributed by atoms with E-state index in [0.717, 1.165) is 24.9 Å². The quantitative estimate of drug-likeness (QED) is 0.892. The van der Waals surface area contributed by atoms with Gasteiger partial charge in [0.15, 0.2) is 0 Å². The maximum absolute atomic E-state index is 12.7. The second-order valence-corrected chi connectivity index (χ2v) is 7.06. The Bertz CT molecular complexity index is 657. The van der Waals surface area contributed by atoms with Gasteiger partial charge in [-0.05, 0) is 31.0 Å². The Labute approximate surface area is 147 Å². The molecule has 1 saturated carbocycles. The van der Waals surface area contributed by atoms with Crippen LogP contribution in [0.1, 0.15) is 37.7 Å². The van der Waals surface area contributed by atoms with E-state index < -0.39 is 5.60 Å². The van der Waals surface area contributed by atoms with Gasteiger partial charge >= 0.3 is 0 Å². The van der Waals surface area contributed by atoms with Crippen molar-refractivity contribution in [2.24, 2.45) is 0 Å². The highest BCUT2D eigenvalue weighted by molar-refractivity contribution is 6.33. The maximum atomic E-state index is 12.7. The third-order valence-electron chi connectivity index (χ3n) is 5.06. The van der Waals surface area contributed by atoms with Crippen molar-refractivity contribution in [3.05, 3.63) is 28.8 Å². The molecular formula is C18H22ClN3O2. The fraction of sp³-hybridized carbons (Fsp3) is 0.556. The van der Waals surface area contributed by atoms with Gasteiger partial charge in [0.2, 0.25) is 0 Å². The Morgan fingerprint density at radius 3 is 2.42 bits per heavy atom. The smallest absolute Gasteiger partial charge is 0.254 e. The number of piperazine rings is 1. The van der Waals surface area contributed by atoms with E-state index in [0.29, 0.717) is 49.6 Å². The number of benzene rings is 1. The van der Waals surface area contributed by atoms with Gasteiger partial charge in [-0.15, -0.1) is 0 Å². The summed E-state index contributed by atoms with van der Waals surface area (Å²) in [6.45, 7) is 2.51. The summed E-state index contributed by atoms with van der Waals surface area (Å²) in [6, 6.07) is 7.35. The summed E-state index contributed by atoms with van der Waals surface area (Å²) < 4.78 is 0. The molecule has 1 aliphatic carbocycles. The summed E-state index contributed by atoms with van der Waals surface area (Å²) in [5.74, 6) is -0.118. The first-order valence-corrected chi connectivity index (χ1v) is 8.88. The number of aliphatic hydroxyl groups is 1. The summed E-state index contributed by atoms with van der Waals surface area (Å²) in [6.07, 6.45) is 4.09. The van der Waals surface area contributed by atoms with E-state index in [9.17, 15) is 9.90 Å². The van der Waals surface area contributed by atoms with Crippen LogP contribution in [0.2, 0.25) is 5.02 Å². The van der Waals surface area contributed by atoms with E-state index in [1.807, 2.05) is 6.07 Å². The van der Waals surface area contributed by atoms with Crippen LogP contribution >= 0.6 is 11.6 Å². The molecule has 2 aliphatic rings. The molecule has 1 N–H and O–H groups in total. The average Bonchev–Trinajstić information content (AvgIpc) is 2.62. The highest BCUT2D eigenvalue weighted by Crippen LogP contribution is 2.31. The monoisotopic (exact) mass is 347 g/mol. The fourth-order valence-electron chi connectivity index (χ4n) is 3.63. The summed E-state index contributed by atoms with van der Waals surface area (Å²) >= 11 is 6.27. The Kier molecular flexibility index (Phi) is 4.98. The van der Waals surface area contributed by atoms with Crippen molar-refractivity contribution >= 4 is 23.2 Å². The third-order valence-corrected chi connectivity index (χ3v) is 5.37. The predicted octanol–water partition coefficient (Wildman–Crippen LogP) is 2.56. The molecule has 1 saturated heterocycles. The van der Waals surface area contributed by atoms with Crippen LogP contribution in [-0.4, -0.2) is 47.7 Å². The second-order valence-electron chi connectivity index (χ2n) is 6.65. The molecule has 1 aromatic rings. The second kappa shape index (κ2) is 7.00. The van der Waals surface area contributed by atoms with Gasteiger partial charge in [0.05, 0.1) is 22.3 Å². The van der Waals surface area contributed by atoms with Crippen molar-refractivity contribution in [2.45, 2.75) is 37.7 Å². The standard InChI is InChI=1S/C18H22ClN3O2/c19-15-12-14(13-20)4-5-16(15)21-8-10-22(11-9-21)17(23)18(24)6-2-1-3-7-18/h4-5,12,24H,1-3,6-11H2. The predicted molar refractivity (Wildman–Crippen MR) is 93.0 cm³/mol. The molecule has 1 aliphatic heterocycles. The largest absolute Gasteiger partial charge is 0.380 e. The van der Waals surface area contributed by atoms with Gasteiger partial charge in [0.1, 0.15) is 5.60 Å². The number of carbonyl (C=O) groups excluding carboxylic acids is 1. The minimum Gasteiger partial charge on any atom is -0.380 e. The first-order chi connectivity index (χ1) is 11.5. The van der Waals surface area contributed by atoms with Gasteiger partial charge in [-0.25, -0.2) is 0 Å². The van der Waals surface area contributed by atoms with E-state index in [1.165, 1.54) is 0 Å². The Morgan fingerprint density at radius 2 is 1.83 bits per heavy atom. The molecule has 1 aromatic carbocycles. The SMILES string of the molecule is N#Cc1ccc(N2CCN(C(=O)C3(O)CCCCC3)CC2)c(Cl)c1. The molecule has 128 valence electrons. The van der Waals surface area contributed by atoms with Crippen LogP contribution in [-0.2, 0) is 4.79 Å². The van der Waals surface area contributed by atoms with E-state index in [-0.39, 0.29) is 5.91 Å². The minimum absolute atomic E-state index is 0.118. The van der Waals surface area contributed by atoms with Gasteiger partial charge in [0, 0.05) is 26.2 Å². The molecule has 24 heavy (non-hydrogen) atoms. The summed E-state index contributed by atoms with van der Waals surface area (Å²) in [7, 11) is 0. The van der Waals surface area contributed by atoms with Crippen LogP contribution < -0.4 is 4.90 Å². The Balaban J connectivity index is 1.63. The Morgan fingerprint density at radius 1 is 1.17 bits per heavy atom. The van der Waals surface area contributed by atoms with Crippen molar-refractivity contribution in [3.8, 4) is 6.07 Å². The number of halogens is 1. The molecule has 5 nitrogen and oxygen atoms in total. The lowest BCUT2D eigenvalue weighted by Crippen LogP contribution is -2.56. The molecule has 0 radical (unpaired) electrons. The molecule has 0 unspecified atom stereocenters. The van der Waals surface area contributed by atoms with E-state index in [2.05, 4.69) is 11.0 Å². The molecule has 0 atom stereocenters. The van der Waals surface area contributed by atoms with Gasteiger partial charge in [-0.2, -0.15) is 5.26 Å².